The Morgan fingerprint density at radius 3 is 2.60 bits per heavy atom. The average molecular weight is 739 g/mol. The van der Waals surface area contributed by atoms with Crippen LogP contribution in [0.3, 0.4) is 0 Å². The third kappa shape index (κ3) is 7.57. The molecule has 13 heteroatoms. The Morgan fingerprint density at radius 2 is 1.81 bits per heavy atom. The Kier molecular flexibility index (Phi) is 10.1. The summed E-state index contributed by atoms with van der Waals surface area (Å²) in [5, 5.41) is 3.62. The molecule has 0 spiro atoms. The zero-order chi connectivity index (χ0) is 37.2. The molecular formula is C40H42N4O8S. The summed E-state index contributed by atoms with van der Waals surface area (Å²) in [6.07, 6.45) is 6.90. The van der Waals surface area contributed by atoms with Gasteiger partial charge in [0.25, 0.3) is 15.9 Å². The highest BCUT2D eigenvalue weighted by Gasteiger charge is 2.61. The number of ether oxygens (including phenoxy) is 3. The number of benzene rings is 3. The van der Waals surface area contributed by atoms with E-state index in [4.69, 9.17) is 19.2 Å². The van der Waals surface area contributed by atoms with Crippen molar-refractivity contribution in [2.75, 3.05) is 20.3 Å². The Labute approximate surface area is 308 Å². The fourth-order valence-electron chi connectivity index (χ4n) is 7.14. The third-order valence-electron chi connectivity index (χ3n) is 10.1. The van der Waals surface area contributed by atoms with Crippen molar-refractivity contribution in [1.29, 1.82) is 0 Å². The third-order valence-corrected chi connectivity index (χ3v) is 11.5. The predicted molar refractivity (Wildman–Crippen MR) is 198 cm³/mol. The number of sulfonamides is 1. The molecule has 4 aromatic rings. The minimum Gasteiger partial charge on any atom is -0.497 e. The first-order chi connectivity index (χ1) is 25.6. The van der Waals surface area contributed by atoms with E-state index in [9.17, 15) is 22.8 Å². The molecule has 2 N–H and O–H groups in total. The van der Waals surface area contributed by atoms with Crippen LogP contribution in [-0.2, 0) is 24.4 Å². The van der Waals surface area contributed by atoms with E-state index in [0.717, 1.165) is 36.6 Å². The van der Waals surface area contributed by atoms with Crippen LogP contribution >= 0.6 is 0 Å². The average Bonchev–Trinajstić information content (AvgIpc) is 3.68. The van der Waals surface area contributed by atoms with Crippen molar-refractivity contribution in [2.45, 2.75) is 68.0 Å². The summed E-state index contributed by atoms with van der Waals surface area (Å²) < 4.78 is 47.2. The number of pyridine rings is 1. The van der Waals surface area contributed by atoms with Crippen LogP contribution in [0.25, 0.3) is 22.2 Å². The standard InChI is InChI=1S/C40H42N4O8S/c1-26(45)44-25-30(52-36-23-32(27-13-7-6-8-14-27)41-33-21-29(50-2)18-19-31(33)36)22-34(44)38(46)42-40-24-28(40)15-9-4-3-5-12-20-51-35-16-10-11-17-37(35)53(48,49)43-39(40)47/h6-11,13-19,21,23,28,30,34H,3-5,12,20,22,24-25H2,1-2H3,(H,42,46)(H,43,47)/t28-,30-,34+,40-/m1/s1. The van der Waals surface area contributed by atoms with Crippen molar-refractivity contribution in [2.24, 2.45) is 5.92 Å². The molecule has 2 fully saturated rings. The number of methoxy groups -OCH3 is 1. The van der Waals surface area contributed by atoms with Gasteiger partial charge in [0.15, 0.2) is 0 Å². The van der Waals surface area contributed by atoms with Crippen LogP contribution in [0.15, 0.2) is 95.9 Å². The largest absolute Gasteiger partial charge is 0.497 e. The number of para-hydroxylation sites is 1. The lowest BCUT2D eigenvalue weighted by Gasteiger charge is -2.25. The van der Waals surface area contributed by atoms with Gasteiger partial charge in [-0.05, 0) is 56.4 Å². The van der Waals surface area contributed by atoms with Crippen molar-refractivity contribution in [3.63, 3.8) is 0 Å². The van der Waals surface area contributed by atoms with Gasteiger partial charge in [-0.3, -0.25) is 14.4 Å². The van der Waals surface area contributed by atoms with Crippen molar-refractivity contribution >= 4 is 38.6 Å². The maximum Gasteiger partial charge on any atom is 0.267 e. The minimum atomic E-state index is -4.36. The molecule has 0 radical (unpaired) electrons. The number of fused-ring (bicyclic) bond motifs is 3. The van der Waals surface area contributed by atoms with Crippen molar-refractivity contribution in [3.05, 3.63) is 91.0 Å². The van der Waals surface area contributed by atoms with Gasteiger partial charge in [-0.25, -0.2) is 18.1 Å². The molecule has 3 heterocycles. The molecule has 12 nitrogen and oxygen atoms in total. The first-order valence-electron chi connectivity index (χ1n) is 17.8. The quantitative estimate of drug-likeness (QED) is 0.255. The molecule has 3 amide bonds. The maximum atomic E-state index is 14.1. The Hall–Kier alpha value is -5.43. The van der Waals surface area contributed by atoms with Gasteiger partial charge in [0.05, 0.1) is 31.5 Å². The summed E-state index contributed by atoms with van der Waals surface area (Å²) in [5.41, 5.74) is 0.702. The molecule has 1 saturated carbocycles. The monoisotopic (exact) mass is 738 g/mol. The van der Waals surface area contributed by atoms with Crippen molar-refractivity contribution in [3.8, 4) is 28.5 Å². The first-order valence-corrected chi connectivity index (χ1v) is 19.3. The number of likely N-dealkylation sites (tertiary alicyclic amines) is 1. The summed E-state index contributed by atoms with van der Waals surface area (Å²) >= 11 is 0. The molecule has 0 unspecified atom stereocenters. The molecule has 3 aliphatic rings. The second-order valence-electron chi connectivity index (χ2n) is 13.7. The molecule has 2 aliphatic heterocycles. The number of hydrogen-bond acceptors (Lipinski definition) is 9. The van der Waals surface area contributed by atoms with E-state index in [-0.39, 0.29) is 35.9 Å². The molecule has 1 aromatic heterocycles. The van der Waals surface area contributed by atoms with Crippen LogP contribution in [0.2, 0.25) is 0 Å². The van der Waals surface area contributed by atoms with Gasteiger partial charge in [-0.15, -0.1) is 0 Å². The summed E-state index contributed by atoms with van der Waals surface area (Å²) in [6, 6.07) is 22.2. The molecule has 1 saturated heterocycles. The normalized spacial score (nSPS) is 24.0. The summed E-state index contributed by atoms with van der Waals surface area (Å²) in [7, 11) is -2.77. The SMILES string of the molecule is COc1ccc2c(O[C@@H]3C[C@@H](C(=O)N[C@]45C[C@H]4C=CCCCCCOc4ccccc4S(=O)(=O)NC5=O)N(C(C)=O)C3)cc(-c3ccccc3)nc2c1. The van der Waals surface area contributed by atoms with E-state index in [1.807, 2.05) is 66.7 Å². The number of amides is 3. The molecule has 7 rings (SSSR count). The first kappa shape index (κ1) is 36.0. The fourth-order valence-corrected chi connectivity index (χ4v) is 8.33. The van der Waals surface area contributed by atoms with Gasteiger partial charge in [0.2, 0.25) is 11.8 Å². The van der Waals surface area contributed by atoms with E-state index in [2.05, 4.69) is 10.0 Å². The topological polar surface area (TPSA) is 153 Å². The number of aromatic nitrogens is 1. The van der Waals surface area contributed by atoms with Crippen LogP contribution < -0.4 is 24.2 Å². The summed E-state index contributed by atoms with van der Waals surface area (Å²) in [6.45, 7) is 1.85. The Morgan fingerprint density at radius 1 is 1.02 bits per heavy atom. The zero-order valence-corrected chi connectivity index (χ0v) is 30.4. The van der Waals surface area contributed by atoms with E-state index in [0.29, 0.717) is 29.3 Å². The van der Waals surface area contributed by atoms with E-state index in [1.54, 1.807) is 25.3 Å². The highest BCUT2D eigenvalue weighted by atomic mass is 32.2. The number of hydrogen-bond donors (Lipinski definition) is 2. The molecule has 3 aromatic carbocycles. The summed E-state index contributed by atoms with van der Waals surface area (Å²) in [4.78, 5) is 47.2. The lowest BCUT2D eigenvalue weighted by molar-refractivity contribution is -0.138. The van der Waals surface area contributed by atoms with Crippen LogP contribution in [0.4, 0.5) is 0 Å². The Balaban J connectivity index is 1.15. The van der Waals surface area contributed by atoms with Crippen molar-refractivity contribution in [1.82, 2.24) is 19.9 Å². The lowest BCUT2D eigenvalue weighted by Crippen LogP contribution is -2.56. The number of nitrogens with one attached hydrogen (secondary N) is 2. The smallest absolute Gasteiger partial charge is 0.267 e. The fraction of sp³-hybridized carbons (Fsp3) is 0.350. The highest BCUT2D eigenvalue weighted by molar-refractivity contribution is 7.90. The summed E-state index contributed by atoms with van der Waals surface area (Å²) in [5.74, 6) is -0.861. The highest BCUT2D eigenvalue weighted by Crippen LogP contribution is 2.46. The second-order valence-corrected chi connectivity index (χ2v) is 15.3. The van der Waals surface area contributed by atoms with Crippen LogP contribution in [0, 0.1) is 5.92 Å². The van der Waals surface area contributed by atoms with E-state index >= 15 is 0 Å². The van der Waals surface area contributed by atoms with E-state index in [1.165, 1.54) is 17.9 Å². The van der Waals surface area contributed by atoms with Gasteiger partial charge >= 0.3 is 0 Å². The number of allylic oxidation sites excluding steroid dienone is 1. The molecule has 1 aliphatic carbocycles. The van der Waals surface area contributed by atoms with Gasteiger partial charge < -0.3 is 24.4 Å². The Bertz CT molecular complexity index is 2180. The second kappa shape index (κ2) is 14.9. The molecule has 4 atom stereocenters. The number of nitrogens with zero attached hydrogens (tertiary/aromatic N) is 2. The van der Waals surface area contributed by atoms with Gasteiger partial charge in [0.1, 0.15) is 39.8 Å². The number of carbonyl (C=O) groups is 3. The van der Waals surface area contributed by atoms with Gasteiger partial charge in [0, 0.05) is 42.3 Å². The molecule has 276 valence electrons. The molecule has 53 heavy (non-hydrogen) atoms. The van der Waals surface area contributed by atoms with Gasteiger partial charge in [-0.1, -0.05) is 54.6 Å². The zero-order valence-electron chi connectivity index (χ0n) is 29.6. The van der Waals surface area contributed by atoms with Crippen LogP contribution in [0.5, 0.6) is 17.2 Å². The van der Waals surface area contributed by atoms with Crippen LogP contribution in [-0.4, -0.2) is 74.0 Å². The maximum absolute atomic E-state index is 14.1. The molecule has 0 bridgehead atoms. The lowest BCUT2D eigenvalue weighted by atomic mass is 10.1. The predicted octanol–water partition coefficient (Wildman–Crippen LogP) is 5.17. The van der Waals surface area contributed by atoms with Gasteiger partial charge in [-0.2, -0.15) is 0 Å². The number of rotatable bonds is 6. The number of carbonyl (C=O) groups excluding carboxylic acids is 3. The molecular weight excluding hydrogens is 697 g/mol. The van der Waals surface area contributed by atoms with Crippen LogP contribution in [0.1, 0.15) is 45.4 Å². The minimum absolute atomic E-state index is 0.127. The van der Waals surface area contributed by atoms with Crippen molar-refractivity contribution < 1.29 is 37.0 Å². The van der Waals surface area contributed by atoms with E-state index < -0.39 is 45.4 Å².